The van der Waals surface area contributed by atoms with Crippen LogP contribution in [0.1, 0.15) is 25.5 Å². The third-order valence-electron chi connectivity index (χ3n) is 7.61. The second-order valence-corrected chi connectivity index (χ2v) is 12.9. The molecule has 2 aromatic carbocycles. The van der Waals surface area contributed by atoms with Crippen LogP contribution in [0.5, 0.6) is 0 Å². The van der Waals surface area contributed by atoms with E-state index in [1.165, 1.54) is 6.20 Å². The van der Waals surface area contributed by atoms with E-state index in [1.54, 1.807) is 48.3 Å². The number of benzene rings is 2. The lowest BCUT2D eigenvalue weighted by Crippen LogP contribution is -2.44. The lowest BCUT2D eigenvalue weighted by molar-refractivity contribution is 0.0985. The van der Waals surface area contributed by atoms with E-state index in [0.29, 0.717) is 48.6 Å². The molecule has 2 aromatic heterocycles. The average molecular weight is 610 g/mol. The van der Waals surface area contributed by atoms with Crippen LogP contribution < -0.4 is 15.5 Å². The number of halogens is 2. The van der Waals surface area contributed by atoms with Crippen LogP contribution in [0.4, 0.5) is 30.8 Å². The highest BCUT2D eigenvalue weighted by atomic mass is 32.2. The molecule has 1 saturated carbocycles. The fourth-order valence-corrected chi connectivity index (χ4v) is 7.18. The molecule has 2 amide bonds. The van der Waals surface area contributed by atoms with Gasteiger partial charge in [0.2, 0.25) is 0 Å². The van der Waals surface area contributed by atoms with Crippen molar-refractivity contribution in [1.82, 2.24) is 19.7 Å². The first-order valence-electron chi connectivity index (χ1n) is 13.7. The molecular formula is C29H29F2N7O4S. The summed E-state index contributed by atoms with van der Waals surface area (Å²) in [6.07, 6.45) is 3.65. The van der Waals surface area contributed by atoms with Crippen molar-refractivity contribution in [2.24, 2.45) is 7.05 Å². The van der Waals surface area contributed by atoms with Crippen LogP contribution in [0.15, 0.2) is 65.8 Å². The van der Waals surface area contributed by atoms with Crippen LogP contribution in [-0.2, 0) is 26.4 Å². The van der Waals surface area contributed by atoms with E-state index in [0.717, 1.165) is 12.1 Å². The summed E-state index contributed by atoms with van der Waals surface area (Å²) in [6, 6.07) is 10.4. The molecule has 43 heavy (non-hydrogen) atoms. The Morgan fingerprint density at radius 1 is 1.05 bits per heavy atom. The van der Waals surface area contributed by atoms with E-state index in [2.05, 4.69) is 15.7 Å². The first-order chi connectivity index (χ1) is 20.6. The van der Waals surface area contributed by atoms with Gasteiger partial charge in [0.1, 0.15) is 27.1 Å². The number of nitrogens with zero attached hydrogens (tertiary/aromatic N) is 5. The highest BCUT2D eigenvalue weighted by Gasteiger charge is 2.58. The Kier molecular flexibility index (Phi) is 7.34. The number of anilines is 3. The summed E-state index contributed by atoms with van der Waals surface area (Å²) in [4.78, 5) is 23.3. The number of ether oxygens (including phenoxy) is 1. The van der Waals surface area contributed by atoms with Crippen molar-refractivity contribution >= 4 is 33.1 Å². The van der Waals surface area contributed by atoms with Gasteiger partial charge in [0.05, 0.1) is 36.8 Å². The molecule has 0 unspecified atom stereocenters. The first-order valence-corrected chi connectivity index (χ1v) is 15.1. The molecule has 224 valence electrons. The summed E-state index contributed by atoms with van der Waals surface area (Å²) in [5.74, 6) is -1.20. The van der Waals surface area contributed by atoms with Crippen molar-refractivity contribution in [3.63, 3.8) is 0 Å². The molecule has 1 aliphatic heterocycles. The van der Waals surface area contributed by atoms with E-state index >= 15 is 0 Å². The maximum Gasteiger partial charge on any atom is 0.323 e. The third kappa shape index (κ3) is 5.55. The molecule has 6 rings (SSSR count). The Labute approximate surface area is 246 Å². The molecule has 1 saturated heterocycles. The second-order valence-electron chi connectivity index (χ2n) is 10.7. The second kappa shape index (κ2) is 11.0. The zero-order valence-corrected chi connectivity index (χ0v) is 24.2. The van der Waals surface area contributed by atoms with Crippen LogP contribution in [0.2, 0.25) is 0 Å². The summed E-state index contributed by atoms with van der Waals surface area (Å²) in [5, 5.41) is 9.46. The SMILES string of the molecule is C[C@H]1COCCN1c1cc(C2(S(=O)(=O)c3ccc(F)cc3F)CC2)nc(-c2ccc(NC(=O)Nc3cnn(C)c3)cc2)n1. The molecule has 4 aromatic rings. The molecule has 0 radical (unpaired) electrons. The number of nitrogens with one attached hydrogen (secondary N) is 2. The minimum absolute atomic E-state index is 0.0319. The number of hydrogen-bond acceptors (Lipinski definition) is 8. The lowest BCUT2D eigenvalue weighted by atomic mass is 10.1. The van der Waals surface area contributed by atoms with Gasteiger partial charge in [-0.25, -0.2) is 32.0 Å². The van der Waals surface area contributed by atoms with Gasteiger partial charge in [-0.1, -0.05) is 0 Å². The molecule has 1 atom stereocenters. The minimum atomic E-state index is -4.27. The quantitative estimate of drug-likeness (QED) is 0.293. The molecule has 2 aliphatic rings. The Morgan fingerprint density at radius 3 is 2.44 bits per heavy atom. The topological polar surface area (TPSA) is 131 Å². The van der Waals surface area contributed by atoms with Crippen LogP contribution in [-0.4, -0.2) is 60.0 Å². The van der Waals surface area contributed by atoms with Crippen molar-refractivity contribution in [2.75, 3.05) is 35.3 Å². The van der Waals surface area contributed by atoms with Crippen LogP contribution in [0.3, 0.4) is 0 Å². The molecular weight excluding hydrogens is 580 g/mol. The van der Waals surface area contributed by atoms with Crippen molar-refractivity contribution in [3.05, 3.63) is 78.3 Å². The summed E-state index contributed by atoms with van der Waals surface area (Å²) in [6.45, 7) is 3.47. The van der Waals surface area contributed by atoms with Crippen molar-refractivity contribution in [3.8, 4) is 11.4 Å². The molecule has 0 spiro atoms. The number of aryl methyl sites for hydroxylation is 1. The van der Waals surface area contributed by atoms with Gasteiger partial charge in [-0.05, 0) is 56.2 Å². The van der Waals surface area contributed by atoms with E-state index in [9.17, 15) is 22.0 Å². The fraction of sp³-hybridized carbons (Fsp3) is 0.310. The number of aromatic nitrogens is 4. The largest absolute Gasteiger partial charge is 0.377 e. The van der Waals surface area contributed by atoms with E-state index in [-0.39, 0.29) is 30.4 Å². The molecule has 11 nitrogen and oxygen atoms in total. The highest BCUT2D eigenvalue weighted by molar-refractivity contribution is 7.92. The number of carbonyl (C=O) groups is 1. The zero-order chi connectivity index (χ0) is 30.4. The molecule has 3 heterocycles. The van der Waals surface area contributed by atoms with E-state index in [1.807, 2.05) is 11.8 Å². The maximum absolute atomic E-state index is 14.7. The van der Waals surface area contributed by atoms with E-state index in [4.69, 9.17) is 14.7 Å². The molecule has 14 heteroatoms. The summed E-state index contributed by atoms with van der Waals surface area (Å²) >= 11 is 0. The number of amides is 2. The summed E-state index contributed by atoms with van der Waals surface area (Å²) in [7, 11) is -2.53. The minimum Gasteiger partial charge on any atom is -0.377 e. The number of rotatable bonds is 7. The Hall–Kier alpha value is -4.43. The maximum atomic E-state index is 14.7. The Bertz CT molecular complexity index is 1790. The van der Waals surface area contributed by atoms with Crippen molar-refractivity contribution in [1.29, 1.82) is 0 Å². The first kappa shape index (κ1) is 28.7. The van der Waals surface area contributed by atoms with Gasteiger partial charge in [-0.15, -0.1) is 0 Å². The van der Waals surface area contributed by atoms with Crippen LogP contribution in [0, 0.1) is 11.6 Å². The molecule has 2 N–H and O–H groups in total. The van der Waals surface area contributed by atoms with Gasteiger partial charge in [0.15, 0.2) is 15.7 Å². The Morgan fingerprint density at radius 2 is 1.79 bits per heavy atom. The van der Waals surface area contributed by atoms with Gasteiger partial charge >= 0.3 is 6.03 Å². The Balaban J connectivity index is 1.35. The number of sulfone groups is 1. The molecule has 2 fully saturated rings. The van der Waals surface area contributed by atoms with Gasteiger partial charge in [0.25, 0.3) is 0 Å². The number of morpholine rings is 1. The van der Waals surface area contributed by atoms with Gasteiger partial charge < -0.3 is 20.3 Å². The highest BCUT2D eigenvalue weighted by Crippen LogP contribution is 2.55. The van der Waals surface area contributed by atoms with Crippen molar-refractivity contribution < 1.29 is 26.7 Å². The monoisotopic (exact) mass is 609 g/mol. The smallest absolute Gasteiger partial charge is 0.323 e. The third-order valence-corrected chi connectivity index (χ3v) is 10.2. The van der Waals surface area contributed by atoms with Gasteiger partial charge in [0, 0.05) is 43.2 Å². The summed E-state index contributed by atoms with van der Waals surface area (Å²) in [5.41, 5.74) is 1.88. The lowest BCUT2D eigenvalue weighted by Gasteiger charge is -2.34. The normalized spacial score (nSPS) is 17.9. The number of urea groups is 1. The average Bonchev–Trinajstić information content (AvgIpc) is 3.70. The van der Waals surface area contributed by atoms with Crippen molar-refractivity contribution in [2.45, 2.75) is 35.4 Å². The van der Waals surface area contributed by atoms with Gasteiger partial charge in [-0.3, -0.25) is 4.68 Å². The van der Waals surface area contributed by atoms with Gasteiger partial charge in [-0.2, -0.15) is 5.10 Å². The molecule has 0 bridgehead atoms. The van der Waals surface area contributed by atoms with E-state index < -0.39 is 37.1 Å². The fourth-order valence-electron chi connectivity index (χ4n) is 5.17. The summed E-state index contributed by atoms with van der Waals surface area (Å²) < 4.78 is 61.6. The zero-order valence-electron chi connectivity index (χ0n) is 23.4. The standard InChI is InChI=1S/C29H29F2N7O4S/c1-18-17-42-12-11-38(18)26-14-25(29(9-10-29)43(40,41)24-8-5-20(30)13-23(24)31)35-27(36-26)19-3-6-21(7-4-19)33-28(39)34-22-15-32-37(2)16-22/h3-8,13-16,18H,9-12,17H2,1-2H3,(H2,33,34,39)/t18-/m0/s1. The molecule has 1 aliphatic carbocycles. The predicted octanol–water partition coefficient (Wildman–Crippen LogP) is 4.49. The predicted molar refractivity (Wildman–Crippen MR) is 155 cm³/mol. The number of carbonyl (C=O) groups excluding carboxylic acids is 1. The van der Waals surface area contributed by atoms with Crippen LogP contribution >= 0.6 is 0 Å². The number of hydrogen-bond donors (Lipinski definition) is 2. The van der Waals surface area contributed by atoms with Crippen LogP contribution in [0.25, 0.3) is 11.4 Å².